The number of ether oxygens (including phenoxy) is 1. The van der Waals surface area contributed by atoms with Crippen LogP contribution in [0.15, 0.2) is 0 Å². The van der Waals surface area contributed by atoms with Crippen molar-refractivity contribution in [3.05, 3.63) is 0 Å². The molecule has 1 fully saturated rings. The third-order valence-electron chi connectivity index (χ3n) is 3.20. The summed E-state index contributed by atoms with van der Waals surface area (Å²) in [5.74, 6) is 1.18. The number of hydrogen-bond acceptors (Lipinski definition) is 4. The molecule has 0 bridgehead atoms. The van der Waals surface area contributed by atoms with Crippen LogP contribution < -0.4 is 5.32 Å². The molecule has 1 aliphatic rings. The van der Waals surface area contributed by atoms with Gasteiger partial charge in [-0.1, -0.05) is 20.8 Å². The van der Waals surface area contributed by atoms with Gasteiger partial charge in [-0.3, -0.25) is 4.90 Å². The van der Waals surface area contributed by atoms with Crippen LogP contribution in [0.1, 0.15) is 34.6 Å². The molecule has 1 rings (SSSR count). The molecule has 0 spiro atoms. The van der Waals surface area contributed by atoms with E-state index >= 15 is 0 Å². The Kier molecular flexibility index (Phi) is 6.99. The summed E-state index contributed by atoms with van der Waals surface area (Å²) in [6.07, 6.45) is 0. The molecule has 108 valence electrons. The first-order valence-corrected chi connectivity index (χ1v) is 8.06. The third kappa shape index (κ3) is 6.98. The largest absolute Gasteiger partial charge is 0.379 e. The maximum absolute atomic E-state index is 5.39. The quantitative estimate of drug-likeness (QED) is 0.803. The van der Waals surface area contributed by atoms with Gasteiger partial charge in [0.15, 0.2) is 0 Å². The molecule has 0 aromatic rings. The van der Waals surface area contributed by atoms with Gasteiger partial charge in [-0.25, -0.2) is 0 Å². The van der Waals surface area contributed by atoms with E-state index in [0.717, 1.165) is 32.8 Å². The maximum Gasteiger partial charge on any atom is 0.0594 e. The third-order valence-corrected chi connectivity index (χ3v) is 4.73. The Morgan fingerprint density at radius 2 is 1.83 bits per heavy atom. The predicted octanol–water partition coefficient (Wildman–Crippen LogP) is 2.22. The summed E-state index contributed by atoms with van der Waals surface area (Å²) in [5, 5.41) is 3.65. The van der Waals surface area contributed by atoms with Gasteiger partial charge in [-0.2, -0.15) is 11.8 Å². The Bertz CT molecular complexity index is 224. The highest BCUT2D eigenvalue weighted by atomic mass is 32.2. The molecule has 1 saturated heterocycles. The van der Waals surface area contributed by atoms with Gasteiger partial charge in [0.05, 0.1) is 13.2 Å². The highest BCUT2D eigenvalue weighted by Gasteiger charge is 2.18. The second-order valence-corrected chi connectivity index (χ2v) is 8.08. The van der Waals surface area contributed by atoms with Gasteiger partial charge < -0.3 is 10.1 Å². The molecule has 0 aromatic heterocycles. The van der Waals surface area contributed by atoms with Crippen molar-refractivity contribution in [3.8, 4) is 0 Å². The first kappa shape index (κ1) is 16.3. The first-order chi connectivity index (χ1) is 8.38. The summed E-state index contributed by atoms with van der Waals surface area (Å²) in [4.78, 5) is 2.51. The lowest BCUT2D eigenvalue weighted by atomic mass is 10.2. The van der Waals surface area contributed by atoms with Crippen molar-refractivity contribution in [2.45, 2.75) is 51.4 Å². The highest BCUT2D eigenvalue weighted by molar-refractivity contribution is 8.00. The normalized spacial score (nSPS) is 21.8. The zero-order valence-electron chi connectivity index (χ0n) is 12.7. The van der Waals surface area contributed by atoms with Gasteiger partial charge in [0, 0.05) is 42.2 Å². The number of hydrogen-bond donors (Lipinski definition) is 1. The second-order valence-electron chi connectivity index (χ2n) is 6.23. The highest BCUT2D eigenvalue weighted by Crippen LogP contribution is 2.23. The lowest BCUT2D eigenvalue weighted by Crippen LogP contribution is -2.48. The molecule has 0 saturated carbocycles. The molecule has 1 N–H and O–H groups in total. The lowest BCUT2D eigenvalue weighted by Gasteiger charge is -2.33. The minimum absolute atomic E-state index is 0.367. The van der Waals surface area contributed by atoms with E-state index in [4.69, 9.17) is 4.74 Å². The Morgan fingerprint density at radius 1 is 1.22 bits per heavy atom. The Labute approximate surface area is 117 Å². The molecule has 0 aliphatic carbocycles. The SMILES string of the molecule is C[C@H](CSC(C)(C)C)NC[C@H](C)N1CCOCC1. The zero-order valence-corrected chi connectivity index (χ0v) is 13.5. The van der Waals surface area contributed by atoms with Crippen molar-refractivity contribution in [1.29, 1.82) is 0 Å². The summed E-state index contributed by atoms with van der Waals surface area (Å²) in [6, 6.07) is 1.19. The topological polar surface area (TPSA) is 24.5 Å². The smallest absolute Gasteiger partial charge is 0.0594 e. The molecule has 3 nitrogen and oxygen atoms in total. The summed E-state index contributed by atoms with van der Waals surface area (Å²) >= 11 is 2.03. The Hall–Kier alpha value is 0.230. The fourth-order valence-electron chi connectivity index (χ4n) is 1.95. The Balaban J connectivity index is 2.14. The fourth-order valence-corrected chi connectivity index (χ4v) is 2.82. The molecule has 18 heavy (non-hydrogen) atoms. The van der Waals surface area contributed by atoms with Gasteiger partial charge in [0.2, 0.25) is 0 Å². The number of rotatable bonds is 6. The van der Waals surface area contributed by atoms with E-state index in [2.05, 4.69) is 44.8 Å². The molecular formula is C14H30N2OS. The number of nitrogens with zero attached hydrogens (tertiary/aromatic N) is 1. The summed E-state index contributed by atoms with van der Waals surface area (Å²) in [7, 11) is 0. The maximum atomic E-state index is 5.39. The summed E-state index contributed by atoms with van der Waals surface area (Å²) < 4.78 is 5.75. The van der Waals surface area contributed by atoms with Gasteiger partial charge >= 0.3 is 0 Å². The van der Waals surface area contributed by atoms with Crippen LogP contribution in [0.3, 0.4) is 0 Å². The average Bonchev–Trinajstić information content (AvgIpc) is 2.33. The van der Waals surface area contributed by atoms with Crippen LogP contribution in [-0.4, -0.2) is 60.3 Å². The fraction of sp³-hybridized carbons (Fsp3) is 1.00. The van der Waals surface area contributed by atoms with Crippen molar-refractivity contribution in [2.75, 3.05) is 38.6 Å². The van der Waals surface area contributed by atoms with Crippen LogP contribution in [0.5, 0.6) is 0 Å². The van der Waals surface area contributed by atoms with Gasteiger partial charge in [-0.15, -0.1) is 0 Å². The van der Waals surface area contributed by atoms with E-state index in [9.17, 15) is 0 Å². The van der Waals surface area contributed by atoms with Crippen molar-refractivity contribution < 1.29 is 4.74 Å². The molecule has 0 aromatic carbocycles. The van der Waals surface area contributed by atoms with Crippen LogP contribution in [0.25, 0.3) is 0 Å². The minimum atomic E-state index is 0.367. The molecular weight excluding hydrogens is 244 g/mol. The lowest BCUT2D eigenvalue weighted by molar-refractivity contribution is 0.0201. The van der Waals surface area contributed by atoms with Crippen LogP contribution >= 0.6 is 11.8 Å². The number of nitrogens with one attached hydrogen (secondary N) is 1. The monoisotopic (exact) mass is 274 g/mol. The number of morpholine rings is 1. The molecule has 1 aliphatic heterocycles. The molecule has 2 atom stereocenters. The molecule has 0 amide bonds. The molecule has 0 unspecified atom stereocenters. The van der Waals surface area contributed by atoms with Crippen LogP contribution in [0, 0.1) is 0 Å². The number of thioether (sulfide) groups is 1. The van der Waals surface area contributed by atoms with E-state index in [1.807, 2.05) is 11.8 Å². The summed E-state index contributed by atoms with van der Waals surface area (Å²) in [6.45, 7) is 16.4. The van der Waals surface area contributed by atoms with Crippen LogP contribution in [-0.2, 0) is 4.74 Å². The average molecular weight is 274 g/mol. The van der Waals surface area contributed by atoms with Crippen molar-refractivity contribution in [3.63, 3.8) is 0 Å². The van der Waals surface area contributed by atoms with Crippen molar-refractivity contribution in [2.24, 2.45) is 0 Å². The van der Waals surface area contributed by atoms with E-state index in [1.165, 1.54) is 5.75 Å². The molecule has 1 heterocycles. The van der Waals surface area contributed by atoms with Crippen molar-refractivity contribution >= 4 is 11.8 Å². The minimum Gasteiger partial charge on any atom is -0.379 e. The molecule has 0 radical (unpaired) electrons. The van der Waals surface area contributed by atoms with Gasteiger partial charge in [0.1, 0.15) is 0 Å². The Morgan fingerprint density at radius 3 is 2.39 bits per heavy atom. The van der Waals surface area contributed by atoms with E-state index in [0.29, 0.717) is 16.8 Å². The first-order valence-electron chi connectivity index (χ1n) is 7.07. The second kappa shape index (κ2) is 7.73. The van der Waals surface area contributed by atoms with E-state index < -0.39 is 0 Å². The van der Waals surface area contributed by atoms with Gasteiger partial charge in [-0.05, 0) is 13.8 Å². The van der Waals surface area contributed by atoms with Crippen LogP contribution in [0.4, 0.5) is 0 Å². The van der Waals surface area contributed by atoms with Crippen LogP contribution in [0.2, 0.25) is 0 Å². The van der Waals surface area contributed by atoms with E-state index in [1.54, 1.807) is 0 Å². The molecule has 4 heteroatoms. The zero-order chi connectivity index (χ0) is 13.6. The van der Waals surface area contributed by atoms with Crippen molar-refractivity contribution in [1.82, 2.24) is 10.2 Å². The van der Waals surface area contributed by atoms with E-state index in [-0.39, 0.29) is 0 Å². The standard InChI is InChI=1S/C14H30N2OS/c1-12(11-18-14(3,4)5)15-10-13(2)16-6-8-17-9-7-16/h12-13,15H,6-11H2,1-5H3/t12-,13+/m1/s1. The predicted molar refractivity (Wildman–Crippen MR) is 81.5 cm³/mol. The summed E-state index contributed by atoms with van der Waals surface area (Å²) in [5.41, 5.74) is 0. The van der Waals surface area contributed by atoms with Gasteiger partial charge in [0.25, 0.3) is 0 Å².